The van der Waals surface area contributed by atoms with E-state index in [-0.39, 0.29) is 98.0 Å². The summed E-state index contributed by atoms with van der Waals surface area (Å²) in [4.78, 5) is 25.5. The second-order valence-corrected chi connectivity index (χ2v) is 16.5. The molecular weight excluding hydrogens is 983 g/mol. The van der Waals surface area contributed by atoms with Gasteiger partial charge in [-0.05, 0) is 153 Å². The first kappa shape index (κ1) is 56.5. The first-order valence-electron chi connectivity index (χ1n) is 22.9. The number of esters is 1. The van der Waals surface area contributed by atoms with Crippen LogP contribution < -0.4 is 30.4 Å². The lowest BCUT2D eigenvalue weighted by molar-refractivity contribution is -0.185. The monoisotopic (exact) mass is 1030 g/mol. The zero-order chi connectivity index (χ0) is 53.2. The first-order chi connectivity index (χ1) is 34.6. The summed E-state index contributed by atoms with van der Waals surface area (Å²) in [7, 11) is 0. The van der Waals surface area contributed by atoms with Gasteiger partial charge in [0.1, 0.15) is 23.9 Å². The summed E-state index contributed by atoms with van der Waals surface area (Å²) in [6.07, 6.45) is -10.5. The molecule has 0 aliphatic heterocycles. The number of hydrogen-bond donors (Lipinski definition) is 3. The summed E-state index contributed by atoms with van der Waals surface area (Å²) in [5.41, 5.74) is 13.0. The molecule has 5 N–H and O–H groups in total. The zero-order valence-electron chi connectivity index (χ0n) is 39.1. The minimum Gasteiger partial charge on any atom is -0.494 e. The molecule has 10 nitrogen and oxygen atoms in total. The van der Waals surface area contributed by atoms with Crippen LogP contribution in [0.2, 0.25) is 0 Å². The van der Waals surface area contributed by atoms with E-state index in [1.54, 1.807) is 12.1 Å². The van der Waals surface area contributed by atoms with Gasteiger partial charge in [0.15, 0.2) is 11.6 Å². The van der Waals surface area contributed by atoms with Gasteiger partial charge in [0, 0.05) is 41.4 Å². The van der Waals surface area contributed by atoms with Crippen molar-refractivity contribution in [3.63, 3.8) is 0 Å². The fraction of sp³-hybridized carbons (Fsp3) is 0.321. The SMILES string of the molecule is Nc1ccc(/C(C(=O)O)=C(/CCCOC(=O)/C=C/c2ccc(OC(F)(F)c3ccc(OCCCCCC(F)(F)F)cc3)cc2)c2ccc(OCc3ccc(OCCCCCC(F)(F)F)c(F)c3F)cc2)c(N)c1. The summed E-state index contributed by atoms with van der Waals surface area (Å²) < 4.78 is 160. The van der Waals surface area contributed by atoms with Crippen molar-refractivity contribution in [2.45, 2.75) is 89.3 Å². The molecule has 0 aromatic heterocycles. The van der Waals surface area contributed by atoms with Gasteiger partial charge in [-0.1, -0.05) is 24.3 Å². The van der Waals surface area contributed by atoms with Gasteiger partial charge in [0.05, 0.1) is 31.0 Å². The van der Waals surface area contributed by atoms with E-state index in [2.05, 4.69) is 0 Å². The highest BCUT2D eigenvalue weighted by Gasteiger charge is 2.34. The van der Waals surface area contributed by atoms with Gasteiger partial charge in [-0.3, -0.25) is 0 Å². The van der Waals surface area contributed by atoms with Gasteiger partial charge in [-0.2, -0.15) is 39.5 Å². The second-order valence-electron chi connectivity index (χ2n) is 16.5. The van der Waals surface area contributed by atoms with E-state index in [1.807, 2.05) is 0 Å². The van der Waals surface area contributed by atoms with Crippen LogP contribution in [0.3, 0.4) is 0 Å². The normalized spacial score (nSPS) is 12.4. The Hall–Kier alpha value is -7.38. The Balaban J connectivity index is 1.15. The smallest absolute Gasteiger partial charge is 0.426 e. The number of carbonyl (C=O) groups excluding carboxylic acids is 1. The highest BCUT2D eigenvalue weighted by molar-refractivity contribution is 6.25. The number of carbonyl (C=O) groups is 2. The van der Waals surface area contributed by atoms with Crippen LogP contribution in [0.4, 0.5) is 55.3 Å². The highest BCUT2D eigenvalue weighted by atomic mass is 19.4. The van der Waals surface area contributed by atoms with E-state index < -0.39 is 72.8 Å². The summed E-state index contributed by atoms with van der Waals surface area (Å²) >= 11 is 0. The molecule has 0 bridgehead atoms. The topological polar surface area (TPSA) is 153 Å². The van der Waals surface area contributed by atoms with E-state index in [0.717, 1.165) is 18.2 Å². The van der Waals surface area contributed by atoms with Crippen molar-refractivity contribution in [1.82, 2.24) is 0 Å². The van der Waals surface area contributed by atoms with Gasteiger partial charge in [0.25, 0.3) is 0 Å². The molecule has 0 amide bonds. The number of rotatable bonds is 27. The van der Waals surface area contributed by atoms with Crippen molar-refractivity contribution >= 4 is 40.5 Å². The van der Waals surface area contributed by atoms with E-state index in [4.69, 9.17) is 35.2 Å². The molecule has 392 valence electrons. The third-order valence-corrected chi connectivity index (χ3v) is 10.9. The van der Waals surface area contributed by atoms with Gasteiger partial charge < -0.3 is 40.3 Å². The highest BCUT2D eigenvalue weighted by Crippen LogP contribution is 2.36. The Bertz CT molecular complexity index is 2650. The number of benzene rings is 5. The number of halogens is 10. The average Bonchev–Trinajstić information content (AvgIpc) is 3.33. The zero-order valence-corrected chi connectivity index (χ0v) is 39.1. The number of nitrogens with two attached hydrogens (primary N) is 2. The summed E-state index contributed by atoms with van der Waals surface area (Å²) in [5.74, 6) is -4.71. The lowest BCUT2D eigenvalue weighted by Gasteiger charge is -2.18. The Morgan fingerprint density at radius 1 is 0.603 bits per heavy atom. The Labute approximate surface area is 414 Å². The average molecular weight is 1030 g/mol. The molecule has 0 radical (unpaired) electrons. The van der Waals surface area contributed by atoms with Crippen LogP contribution in [0, 0.1) is 11.6 Å². The maximum Gasteiger partial charge on any atom is 0.426 e. The van der Waals surface area contributed by atoms with Crippen LogP contribution >= 0.6 is 0 Å². The molecule has 0 heterocycles. The van der Waals surface area contributed by atoms with Gasteiger partial charge in [-0.15, -0.1) is 0 Å². The maximum absolute atomic E-state index is 15.0. The fourth-order valence-corrected chi connectivity index (χ4v) is 7.15. The summed E-state index contributed by atoms with van der Waals surface area (Å²) in [5, 5.41) is 10.5. The first-order valence-corrected chi connectivity index (χ1v) is 22.9. The quantitative estimate of drug-likeness (QED) is 0.0116. The molecule has 0 aliphatic rings. The summed E-state index contributed by atoms with van der Waals surface area (Å²) in [6, 6.07) is 23.1. The molecule has 0 unspecified atom stereocenters. The second kappa shape index (κ2) is 26.4. The minimum atomic E-state index is -4.27. The van der Waals surface area contributed by atoms with Crippen molar-refractivity contribution in [2.75, 3.05) is 31.3 Å². The molecule has 5 aromatic carbocycles. The molecule has 0 saturated heterocycles. The fourth-order valence-electron chi connectivity index (χ4n) is 7.15. The maximum atomic E-state index is 15.0. The van der Waals surface area contributed by atoms with E-state index in [0.29, 0.717) is 35.2 Å². The van der Waals surface area contributed by atoms with Crippen molar-refractivity contribution in [3.8, 4) is 23.0 Å². The van der Waals surface area contributed by atoms with Crippen LogP contribution in [-0.4, -0.2) is 49.2 Å². The largest absolute Gasteiger partial charge is 0.494 e. The third-order valence-electron chi connectivity index (χ3n) is 10.9. The number of anilines is 2. The number of nitrogen functional groups attached to an aromatic ring is 2. The number of alkyl halides is 8. The predicted octanol–water partition coefficient (Wildman–Crippen LogP) is 13.9. The van der Waals surface area contributed by atoms with Gasteiger partial charge in [-0.25, -0.2) is 14.0 Å². The number of unbranched alkanes of at least 4 members (excludes halogenated alkanes) is 4. The van der Waals surface area contributed by atoms with Crippen LogP contribution in [0.15, 0.2) is 109 Å². The van der Waals surface area contributed by atoms with Gasteiger partial charge >= 0.3 is 30.4 Å². The standard InChI is InChI=1S/C53H52F10N2O8/c54-48-36(14-25-45(49(48)55)70-30-6-2-4-28-52(59,60)61)33-72-40-20-12-35(13-21-40)42(47(50(67)68)43-24-17-38(64)32-44(43)65)8-7-31-71-46(66)26-11-34-9-18-41(19-10-34)73-53(62,63)37-15-22-39(23-16-37)69-29-5-1-3-27-51(56,57)58/h9-26,32H,1-8,27-31,33,64-65H2,(H,67,68)/b26-11+,47-42+. The van der Waals surface area contributed by atoms with Crippen molar-refractivity contribution in [1.29, 1.82) is 0 Å². The number of carboxylic acids is 1. The molecule has 0 spiro atoms. The molecule has 0 atom stereocenters. The van der Waals surface area contributed by atoms with Crippen LogP contribution in [0.5, 0.6) is 23.0 Å². The van der Waals surface area contributed by atoms with Crippen molar-refractivity contribution in [2.24, 2.45) is 0 Å². The van der Waals surface area contributed by atoms with E-state index in [1.165, 1.54) is 84.9 Å². The van der Waals surface area contributed by atoms with E-state index in [9.17, 15) is 58.6 Å². The third kappa shape index (κ3) is 18.6. The van der Waals surface area contributed by atoms with Crippen LogP contribution in [-0.2, 0) is 27.0 Å². The number of hydrogen-bond acceptors (Lipinski definition) is 9. The van der Waals surface area contributed by atoms with Crippen molar-refractivity contribution < 1.29 is 82.3 Å². The number of aliphatic carboxylic acids is 1. The molecule has 5 aromatic rings. The Morgan fingerprint density at radius 2 is 1.19 bits per heavy atom. The molecule has 0 saturated carbocycles. The number of carboxylic acid groups (broad SMARTS) is 1. The Kier molecular flexibility index (Phi) is 20.4. The van der Waals surface area contributed by atoms with E-state index >= 15 is 0 Å². The summed E-state index contributed by atoms with van der Waals surface area (Å²) in [6.45, 7) is -0.557. The Morgan fingerprint density at radius 3 is 1.79 bits per heavy atom. The van der Waals surface area contributed by atoms with Crippen molar-refractivity contribution in [3.05, 3.63) is 149 Å². The van der Waals surface area contributed by atoms with Crippen LogP contribution in [0.1, 0.15) is 92.0 Å². The molecule has 20 heteroatoms. The number of allylic oxidation sites excluding steroid dienone is 1. The van der Waals surface area contributed by atoms with Crippen LogP contribution in [0.25, 0.3) is 17.2 Å². The number of ether oxygens (including phenoxy) is 5. The molecule has 73 heavy (non-hydrogen) atoms. The predicted molar refractivity (Wildman–Crippen MR) is 254 cm³/mol. The minimum absolute atomic E-state index is 0.0313. The molecule has 0 fully saturated rings. The lowest BCUT2D eigenvalue weighted by atomic mass is 9.90. The molecule has 0 aliphatic carbocycles. The van der Waals surface area contributed by atoms with Gasteiger partial charge in [0.2, 0.25) is 5.82 Å². The molecule has 5 rings (SSSR count). The molecular formula is C53H52F10N2O8. The lowest BCUT2D eigenvalue weighted by Crippen LogP contribution is -2.21.